The van der Waals surface area contributed by atoms with Gasteiger partial charge in [0.15, 0.2) is 0 Å². The van der Waals surface area contributed by atoms with Gasteiger partial charge in [0.05, 0.1) is 6.10 Å². The van der Waals surface area contributed by atoms with Crippen molar-refractivity contribution in [3.8, 4) is 16.9 Å². The van der Waals surface area contributed by atoms with E-state index >= 15 is 0 Å². The monoisotopic (exact) mass is 370 g/mol. The lowest BCUT2D eigenvalue weighted by Crippen LogP contribution is -2.46. The summed E-state index contributed by atoms with van der Waals surface area (Å²) in [5.74, 6) is 1.28. The van der Waals surface area contributed by atoms with Crippen LogP contribution >= 0.6 is 11.3 Å². The summed E-state index contributed by atoms with van der Waals surface area (Å²) in [6.07, 6.45) is 1.13. The molecule has 1 amide bonds. The van der Waals surface area contributed by atoms with Gasteiger partial charge in [-0.25, -0.2) is 0 Å². The molecule has 138 valence electrons. The maximum absolute atomic E-state index is 12.3. The molecule has 4 nitrogen and oxygen atoms in total. The molecule has 0 spiro atoms. The van der Waals surface area contributed by atoms with E-state index in [0.29, 0.717) is 18.7 Å². The third kappa shape index (κ3) is 3.54. The first-order chi connectivity index (χ1) is 12.2. The van der Waals surface area contributed by atoms with Crippen molar-refractivity contribution < 1.29 is 9.53 Å². The van der Waals surface area contributed by atoms with Crippen molar-refractivity contribution in [2.24, 2.45) is 0 Å². The van der Waals surface area contributed by atoms with Crippen LogP contribution < -0.4 is 4.74 Å². The van der Waals surface area contributed by atoms with Gasteiger partial charge in [0, 0.05) is 35.7 Å². The Morgan fingerprint density at radius 2 is 2.00 bits per heavy atom. The molecule has 1 fully saturated rings. The second kappa shape index (κ2) is 6.88. The van der Waals surface area contributed by atoms with Gasteiger partial charge in [-0.05, 0) is 49.9 Å². The summed E-state index contributed by atoms with van der Waals surface area (Å²) < 4.78 is 5.99. The minimum atomic E-state index is -0.313. The second-order valence-electron chi connectivity index (χ2n) is 7.68. The van der Waals surface area contributed by atoms with Crippen LogP contribution in [-0.2, 0) is 10.2 Å². The predicted molar refractivity (Wildman–Crippen MR) is 107 cm³/mol. The lowest BCUT2D eigenvalue weighted by Gasteiger charge is -2.36. The fraction of sp³-hybridized carbons (Fsp3) is 0.429. The number of thiophene rings is 1. The van der Waals surface area contributed by atoms with Gasteiger partial charge in [0.25, 0.3) is 0 Å². The van der Waals surface area contributed by atoms with Crippen molar-refractivity contribution in [3.05, 3.63) is 40.1 Å². The number of amidine groups is 1. The number of likely N-dealkylation sites (tertiary alicyclic amines) is 1. The van der Waals surface area contributed by atoms with E-state index in [2.05, 4.69) is 37.4 Å². The van der Waals surface area contributed by atoms with Gasteiger partial charge >= 0.3 is 0 Å². The number of benzene rings is 1. The Bertz CT molecular complexity index is 835. The summed E-state index contributed by atoms with van der Waals surface area (Å²) in [7, 11) is 1.69. The van der Waals surface area contributed by atoms with Crippen LogP contribution in [0.4, 0.5) is 0 Å². The molecule has 0 bridgehead atoms. The van der Waals surface area contributed by atoms with Crippen molar-refractivity contribution in [1.82, 2.24) is 4.90 Å². The Morgan fingerprint density at radius 1 is 1.27 bits per heavy atom. The van der Waals surface area contributed by atoms with E-state index < -0.39 is 0 Å². The number of carbonyl (C=O) groups is 1. The lowest BCUT2D eigenvalue weighted by atomic mass is 9.78. The average molecular weight is 371 g/mol. The second-order valence-corrected chi connectivity index (χ2v) is 8.59. The number of hydrogen-bond acceptors (Lipinski definition) is 4. The number of ether oxygens (including phenoxy) is 1. The highest BCUT2D eigenvalue weighted by Crippen LogP contribution is 2.42. The Kier molecular flexibility index (Phi) is 4.93. The standard InChI is InChI=1S/C21H26N2O2S/c1-13(2)25-17-7-6-14(3)8-16(17)15-9-18(26-12-15)21(4)10-19(22)23(5)20(24)11-21/h6-9,12-13,22H,10-11H2,1-5H3/t21-/m0/s1. The number of hydrogen-bond donors (Lipinski definition) is 1. The SMILES string of the molecule is Cc1ccc(OC(C)C)c(-c2csc([C@@]3(C)CC(=N)N(C)C(=O)C3)c2)c1. The van der Waals surface area contributed by atoms with E-state index in [0.717, 1.165) is 21.8 Å². The third-order valence-corrected chi connectivity index (χ3v) is 6.12. The molecule has 1 N–H and O–H groups in total. The molecular formula is C21H26N2O2S. The van der Waals surface area contributed by atoms with Crippen molar-refractivity contribution in [1.29, 1.82) is 5.41 Å². The molecule has 1 atom stereocenters. The van der Waals surface area contributed by atoms with Crippen molar-refractivity contribution in [2.75, 3.05) is 7.05 Å². The molecule has 26 heavy (non-hydrogen) atoms. The highest BCUT2D eigenvalue weighted by Gasteiger charge is 2.39. The molecule has 0 radical (unpaired) electrons. The first kappa shape index (κ1) is 18.6. The topological polar surface area (TPSA) is 53.4 Å². The molecule has 1 aromatic heterocycles. The summed E-state index contributed by atoms with van der Waals surface area (Å²) >= 11 is 1.67. The van der Waals surface area contributed by atoms with Gasteiger partial charge in [-0.15, -0.1) is 11.3 Å². The minimum absolute atomic E-state index is 0.0121. The van der Waals surface area contributed by atoms with Crippen molar-refractivity contribution in [3.63, 3.8) is 0 Å². The zero-order valence-electron chi connectivity index (χ0n) is 16.1. The summed E-state index contributed by atoms with van der Waals surface area (Å²) in [5.41, 5.74) is 3.07. The Labute approximate surface area is 159 Å². The number of rotatable bonds is 4. The maximum atomic E-state index is 12.3. The normalized spacial score (nSPS) is 20.8. The van der Waals surface area contributed by atoms with Gasteiger partial charge in [-0.2, -0.15) is 0 Å². The Morgan fingerprint density at radius 3 is 2.65 bits per heavy atom. The first-order valence-corrected chi connectivity index (χ1v) is 9.78. The van der Waals surface area contributed by atoms with Gasteiger partial charge < -0.3 is 9.64 Å². The Balaban J connectivity index is 1.97. The van der Waals surface area contributed by atoms with Gasteiger partial charge in [-0.1, -0.05) is 18.6 Å². The van der Waals surface area contributed by atoms with Gasteiger partial charge in [-0.3, -0.25) is 10.2 Å². The summed E-state index contributed by atoms with van der Waals surface area (Å²) in [5, 5.41) is 10.3. The number of nitrogens with one attached hydrogen (secondary N) is 1. The van der Waals surface area contributed by atoms with E-state index in [1.807, 2.05) is 19.9 Å². The lowest BCUT2D eigenvalue weighted by molar-refractivity contribution is -0.128. The predicted octanol–water partition coefficient (Wildman–Crippen LogP) is 5.00. The summed E-state index contributed by atoms with van der Waals surface area (Å²) in [6.45, 7) is 8.22. The van der Waals surface area contributed by atoms with E-state index in [1.54, 1.807) is 18.4 Å². The molecule has 1 aliphatic rings. The number of amides is 1. The van der Waals surface area contributed by atoms with Crippen molar-refractivity contribution in [2.45, 2.75) is 52.1 Å². The fourth-order valence-electron chi connectivity index (χ4n) is 3.35. The highest BCUT2D eigenvalue weighted by atomic mass is 32.1. The van der Waals surface area contributed by atoms with Gasteiger partial charge in [0.2, 0.25) is 5.91 Å². The molecule has 2 aromatic rings. The highest BCUT2D eigenvalue weighted by molar-refractivity contribution is 7.10. The summed E-state index contributed by atoms with van der Waals surface area (Å²) in [4.78, 5) is 14.9. The van der Waals surface area contributed by atoms with Crippen LogP contribution in [0.15, 0.2) is 29.6 Å². The molecule has 0 aliphatic carbocycles. The molecule has 2 heterocycles. The van der Waals surface area contributed by atoms with Crippen LogP contribution in [0.5, 0.6) is 5.75 Å². The molecular weight excluding hydrogens is 344 g/mol. The molecule has 5 heteroatoms. The first-order valence-electron chi connectivity index (χ1n) is 8.90. The molecule has 0 unspecified atom stereocenters. The number of nitrogens with zero attached hydrogens (tertiary/aromatic N) is 1. The van der Waals surface area contributed by atoms with Crippen LogP contribution in [-0.4, -0.2) is 29.8 Å². The van der Waals surface area contributed by atoms with Crippen LogP contribution in [0.25, 0.3) is 11.1 Å². The van der Waals surface area contributed by atoms with Crippen molar-refractivity contribution >= 4 is 23.1 Å². The minimum Gasteiger partial charge on any atom is -0.490 e. The van der Waals surface area contributed by atoms with Crippen LogP contribution in [0.3, 0.4) is 0 Å². The summed E-state index contributed by atoms with van der Waals surface area (Å²) in [6, 6.07) is 8.40. The van der Waals surface area contributed by atoms with E-state index in [1.165, 1.54) is 10.5 Å². The van der Waals surface area contributed by atoms with E-state index in [4.69, 9.17) is 10.1 Å². The van der Waals surface area contributed by atoms with E-state index in [-0.39, 0.29) is 17.4 Å². The number of aryl methyl sites for hydroxylation is 1. The molecule has 1 aliphatic heterocycles. The largest absolute Gasteiger partial charge is 0.490 e. The quantitative estimate of drug-likeness (QED) is 0.823. The molecule has 1 saturated heterocycles. The van der Waals surface area contributed by atoms with Gasteiger partial charge in [0.1, 0.15) is 11.6 Å². The maximum Gasteiger partial charge on any atom is 0.228 e. The third-order valence-electron chi connectivity index (χ3n) is 4.88. The number of carbonyl (C=O) groups excluding carboxylic acids is 1. The number of piperidine rings is 1. The van der Waals surface area contributed by atoms with E-state index in [9.17, 15) is 4.79 Å². The fourth-order valence-corrected chi connectivity index (χ4v) is 4.42. The van der Waals surface area contributed by atoms with Crippen LogP contribution in [0, 0.1) is 12.3 Å². The smallest absolute Gasteiger partial charge is 0.228 e. The zero-order chi connectivity index (χ0) is 19.1. The molecule has 1 aromatic carbocycles. The zero-order valence-corrected chi connectivity index (χ0v) is 16.9. The van der Waals surface area contributed by atoms with Crippen LogP contribution in [0.1, 0.15) is 44.1 Å². The van der Waals surface area contributed by atoms with Crippen LogP contribution in [0.2, 0.25) is 0 Å². The Hall–Kier alpha value is -2.14. The molecule has 3 rings (SSSR count). The average Bonchev–Trinajstić information content (AvgIpc) is 3.04. The molecule has 0 saturated carbocycles.